The number of hydrogen-bond acceptors (Lipinski definition) is 3. The predicted molar refractivity (Wildman–Crippen MR) is 71.1 cm³/mol. The van der Waals surface area contributed by atoms with Crippen LogP contribution < -0.4 is 10.9 Å². The molecule has 2 rings (SSSR count). The summed E-state index contributed by atoms with van der Waals surface area (Å²) in [5, 5.41) is 0. The van der Waals surface area contributed by atoms with Crippen LogP contribution in [0.4, 0.5) is 4.79 Å². The van der Waals surface area contributed by atoms with Crippen molar-refractivity contribution < 1.29 is 14.3 Å². The molecule has 0 aromatic heterocycles. The number of fused-ring (bicyclic) bond motifs is 1. The highest BCUT2D eigenvalue weighted by molar-refractivity contribution is 5.81. The summed E-state index contributed by atoms with van der Waals surface area (Å²) in [6.45, 7) is 2.03. The molecule has 2 amide bonds. The van der Waals surface area contributed by atoms with Crippen LogP contribution in [0.25, 0.3) is 0 Å². The lowest BCUT2D eigenvalue weighted by molar-refractivity contribution is -0.128. The number of hydrazine groups is 1. The molecule has 2 fully saturated rings. The van der Waals surface area contributed by atoms with Gasteiger partial charge in [-0.05, 0) is 38.0 Å². The Kier molecular flexibility index (Phi) is 5.05. The van der Waals surface area contributed by atoms with E-state index < -0.39 is 6.09 Å². The van der Waals surface area contributed by atoms with Crippen LogP contribution in [0, 0.1) is 17.8 Å². The Morgan fingerprint density at radius 3 is 2.53 bits per heavy atom. The third-order valence-corrected chi connectivity index (χ3v) is 4.47. The molecule has 2 saturated carbocycles. The molecule has 5 nitrogen and oxygen atoms in total. The fourth-order valence-electron chi connectivity index (χ4n) is 3.49. The van der Waals surface area contributed by atoms with Crippen molar-refractivity contribution >= 4 is 12.0 Å². The Bertz CT molecular complexity index is 333. The van der Waals surface area contributed by atoms with Crippen LogP contribution in [0.3, 0.4) is 0 Å². The second kappa shape index (κ2) is 6.78. The average molecular weight is 268 g/mol. The topological polar surface area (TPSA) is 67.4 Å². The summed E-state index contributed by atoms with van der Waals surface area (Å²) in [6.07, 6.45) is 7.72. The molecule has 5 heteroatoms. The number of nitrogens with one attached hydrogen (secondary N) is 2. The van der Waals surface area contributed by atoms with Gasteiger partial charge in [-0.25, -0.2) is 10.2 Å². The van der Waals surface area contributed by atoms with Crippen LogP contribution in [0.1, 0.15) is 51.9 Å². The van der Waals surface area contributed by atoms with E-state index in [1.165, 1.54) is 25.7 Å². The minimum atomic E-state index is -0.595. The molecule has 0 radical (unpaired) electrons. The smallest absolute Gasteiger partial charge is 0.426 e. The van der Waals surface area contributed by atoms with Crippen molar-refractivity contribution in [1.82, 2.24) is 10.9 Å². The molecule has 0 spiro atoms. The highest BCUT2D eigenvalue weighted by Gasteiger charge is 2.35. The van der Waals surface area contributed by atoms with Crippen LogP contribution >= 0.6 is 0 Å². The molecule has 0 heterocycles. The van der Waals surface area contributed by atoms with Crippen molar-refractivity contribution in [1.29, 1.82) is 0 Å². The van der Waals surface area contributed by atoms with Crippen LogP contribution in [-0.4, -0.2) is 18.6 Å². The fourth-order valence-corrected chi connectivity index (χ4v) is 3.49. The summed E-state index contributed by atoms with van der Waals surface area (Å²) in [5.41, 5.74) is 4.76. The van der Waals surface area contributed by atoms with Gasteiger partial charge in [-0.1, -0.05) is 25.7 Å². The second-order valence-electron chi connectivity index (χ2n) is 5.65. The molecule has 0 saturated heterocycles. The Balaban J connectivity index is 1.75. The van der Waals surface area contributed by atoms with Gasteiger partial charge in [0.15, 0.2) is 0 Å². The zero-order valence-corrected chi connectivity index (χ0v) is 11.6. The highest BCUT2D eigenvalue weighted by atomic mass is 16.5. The molecular formula is C14H24N2O3. The van der Waals surface area contributed by atoms with Gasteiger partial charge in [-0.15, -0.1) is 0 Å². The number of rotatable bonds is 2. The first-order valence-corrected chi connectivity index (χ1v) is 7.43. The van der Waals surface area contributed by atoms with E-state index in [4.69, 9.17) is 4.74 Å². The van der Waals surface area contributed by atoms with Gasteiger partial charge >= 0.3 is 6.09 Å². The summed E-state index contributed by atoms with van der Waals surface area (Å²) >= 11 is 0. The molecule has 19 heavy (non-hydrogen) atoms. The van der Waals surface area contributed by atoms with E-state index in [-0.39, 0.29) is 11.8 Å². The average Bonchev–Trinajstić information content (AvgIpc) is 2.44. The number of carbonyl (C=O) groups excluding carboxylic acids is 2. The standard InChI is InChI=1S/C14H24N2O3/c1-2-19-14(18)16-15-13(17)12-8-7-10-5-3-4-6-11(10)9-12/h10-12H,2-9H2,1H3,(H,15,17)(H,16,18)/t10-,11+,12-/m1/s1. The van der Waals surface area contributed by atoms with E-state index in [1.54, 1.807) is 6.92 Å². The minimum Gasteiger partial charge on any atom is -0.449 e. The lowest BCUT2D eigenvalue weighted by Crippen LogP contribution is -2.46. The minimum absolute atomic E-state index is 0.0428. The molecule has 0 aliphatic heterocycles. The summed E-state index contributed by atoms with van der Waals surface area (Å²) < 4.78 is 4.70. The summed E-state index contributed by atoms with van der Waals surface area (Å²) in [5.74, 6) is 1.51. The first kappa shape index (κ1) is 14.2. The highest BCUT2D eigenvalue weighted by Crippen LogP contribution is 2.42. The molecule has 2 aliphatic rings. The van der Waals surface area contributed by atoms with Gasteiger partial charge in [0.05, 0.1) is 6.61 Å². The molecule has 0 aromatic carbocycles. The molecule has 108 valence electrons. The molecule has 2 aliphatic carbocycles. The van der Waals surface area contributed by atoms with E-state index in [1.807, 2.05) is 0 Å². The lowest BCUT2D eigenvalue weighted by atomic mass is 9.67. The Hall–Kier alpha value is -1.26. The fraction of sp³-hybridized carbons (Fsp3) is 0.857. The number of hydrogen-bond donors (Lipinski definition) is 2. The van der Waals surface area contributed by atoms with Crippen molar-refractivity contribution in [2.75, 3.05) is 6.61 Å². The van der Waals surface area contributed by atoms with Crippen LogP contribution in [-0.2, 0) is 9.53 Å². The first-order valence-electron chi connectivity index (χ1n) is 7.43. The van der Waals surface area contributed by atoms with E-state index in [9.17, 15) is 9.59 Å². The first-order chi connectivity index (χ1) is 9.20. The zero-order valence-electron chi connectivity index (χ0n) is 11.6. The Morgan fingerprint density at radius 1 is 1.05 bits per heavy atom. The number of carbonyl (C=O) groups is 2. The lowest BCUT2D eigenvalue weighted by Gasteiger charge is -2.38. The van der Waals surface area contributed by atoms with Gasteiger partial charge < -0.3 is 4.74 Å². The maximum Gasteiger partial charge on any atom is 0.426 e. The Labute approximate surface area is 114 Å². The van der Waals surface area contributed by atoms with Crippen LogP contribution in [0.5, 0.6) is 0 Å². The predicted octanol–water partition coefficient (Wildman–Crippen LogP) is 2.37. The maximum absolute atomic E-state index is 12.0. The van der Waals surface area contributed by atoms with E-state index in [0.717, 1.165) is 25.2 Å². The van der Waals surface area contributed by atoms with Gasteiger partial charge in [0.2, 0.25) is 5.91 Å². The molecular weight excluding hydrogens is 244 g/mol. The van der Waals surface area contributed by atoms with Crippen molar-refractivity contribution in [2.45, 2.75) is 51.9 Å². The third-order valence-electron chi connectivity index (χ3n) is 4.47. The summed E-state index contributed by atoms with van der Waals surface area (Å²) in [7, 11) is 0. The molecule has 0 bridgehead atoms. The SMILES string of the molecule is CCOC(=O)NNC(=O)[C@@H]1CC[C@H]2CCCC[C@H]2C1. The van der Waals surface area contributed by atoms with E-state index in [2.05, 4.69) is 10.9 Å². The molecule has 3 atom stereocenters. The third kappa shape index (κ3) is 3.85. The van der Waals surface area contributed by atoms with Gasteiger partial charge in [-0.2, -0.15) is 0 Å². The van der Waals surface area contributed by atoms with Crippen LogP contribution in [0.2, 0.25) is 0 Å². The summed E-state index contributed by atoms with van der Waals surface area (Å²) in [6, 6.07) is 0. The second-order valence-corrected chi connectivity index (χ2v) is 5.65. The Morgan fingerprint density at radius 2 is 1.79 bits per heavy atom. The monoisotopic (exact) mass is 268 g/mol. The zero-order chi connectivity index (χ0) is 13.7. The molecule has 0 unspecified atom stereocenters. The van der Waals surface area contributed by atoms with Crippen molar-refractivity contribution in [3.63, 3.8) is 0 Å². The van der Waals surface area contributed by atoms with E-state index in [0.29, 0.717) is 12.5 Å². The maximum atomic E-state index is 12.0. The normalized spacial score (nSPS) is 30.1. The number of ether oxygens (including phenoxy) is 1. The van der Waals surface area contributed by atoms with Gasteiger partial charge in [0.1, 0.15) is 0 Å². The quantitative estimate of drug-likeness (QED) is 0.755. The van der Waals surface area contributed by atoms with Gasteiger partial charge in [0.25, 0.3) is 0 Å². The van der Waals surface area contributed by atoms with Crippen molar-refractivity contribution in [2.24, 2.45) is 17.8 Å². The summed E-state index contributed by atoms with van der Waals surface area (Å²) in [4.78, 5) is 23.1. The van der Waals surface area contributed by atoms with Crippen molar-refractivity contribution in [3.8, 4) is 0 Å². The van der Waals surface area contributed by atoms with Gasteiger partial charge in [0, 0.05) is 5.92 Å². The van der Waals surface area contributed by atoms with E-state index >= 15 is 0 Å². The van der Waals surface area contributed by atoms with Gasteiger partial charge in [-0.3, -0.25) is 10.2 Å². The van der Waals surface area contributed by atoms with Crippen LogP contribution in [0.15, 0.2) is 0 Å². The number of amides is 2. The molecule has 0 aromatic rings. The molecule has 2 N–H and O–H groups in total. The van der Waals surface area contributed by atoms with Crippen molar-refractivity contribution in [3.05, 3.63) is 0 Å². The largest absolute Gasteiger partial charge is 0.449 e.